The minimum atomic E-state index is 0.168. The smallest absolute Gasteiger partial charge is 0.159 e. The van der Waals surface area contributed by atoms with Crippen LogP contribution in [0.5, 0.6) is 11.5 Å². The molecule has 0 aliphatic carbocycles. The van der Waals surface area contributed by atoms with Gasteiger partial charge in [-0.15, -0.1) is 0 Å². The molecular weight excluding hydrogens is 314 g/mol. The van der Waals surface area contributed by atoms with E-state index < -0.39 is 0 Å². The number of aromatic nitrogens is 2. The number of hydrogen-bond acceptors (Lipinski definition) is 5. The molecule has 4 rings (SSSR count). The van der Waals surface area contributed by atoms with Gasteiger partial charge in [-0.3, -0.25) is 4.90 Å². The SMILES string of the molecule is Oc1ccc(O)c(CN2CCc3nc(-c4ccccc4)ncc3C2)c1. The number of rotatable bonds is 3. The maximum absolute atomic E-state index is 9.96. The summed E-state index contributed by atoms with van der Waals surface area (Å²) >= 11 is 0. The fourth-order valence-electron chi connectivity index (χ4n) is 3.18. The number of fused-ring (bicyclic) bond motifs is 1. The van der Waals surface area contributed by atoms with Crippen LogP contribution in [0.3, 0.4) is 0 Å². The first-order valence-corrected chi connectivity index (χ1v) is 8.32. The molecule has 0 saturated carbocycles. The van der Waals surface area contributed by atoms with Crippen LogP contribution in [0.15, 0.2) is 54.7 Å². The van der Waals surface area contributed by atoms with E-state index in [4.69, 9.17) is 4.98 Å². The molecule has 0 amide bonds. The number of hydrogen-bond donors (Lipinski definition) is 2. The molecule has 3 aromatic rings. The van der Waals surface area contributed by atoms with Crippen LogP contribution < -0.4 is 0 Å². The fraction of sp³-hybridized carbons (Fsp3) is 0.200. The van der Waals surface area contributed by atoms with Gasteiger partial charge in [-0.1, -0.05) is 30.3 Å². The lowest BCUT2D eigenvalue weighted by molar-refractivity contribution is 0.239. The Morgan fingerprint density at radius 3 is 2.72 bits per heavy atom. The van der Waals surface area contributed by atoms with Gasteiger partial charge in [0.2, 0.25) is 0 Å². The molecule has 0 radical (unpaired) electrons. The lowest BCUT2D eigenvalue weighted by Crippen LogP contribution is -2.31. The van der Waals surface area contributed by atoms with Crippen molar-refractivity contribution >= 4 is 0 Å². The van der Waals surface area contributed by atoms with Crippen molar-refractivity contribution in [2.45, 2.75) is 19.5 Å². The van der Waals surface area contributed by atoms with Crippen molar-refractivity contribution in [1.82, 2.24) is 14.9 Å². The highest BCUT2D eigenvalue weighted by molar-refractivity contribution is 5.54. The van der Waals surface area contributed by atoms with Gasteiger partial charge in [-0.2, -0.15) is 0 Å². The van der Waals surface area contributed by atoms with Gasteiger partial charge in [0, 0.05) is 48.9 Å². The molecule has 0 fully saturated rings. The molecule has 2 N–H and O–H groups in total. The van der Waals surface area contributed by atoms with Gasteiger partial charge < -0.3 is 10.2 Å². The van der Waals surface area contributed by atoms with Gasteiger partial charge in [0.15, 0.2) is 5.82 Å². The fourth-order valence-corrected chi connectivity index (χ4v) is 3.18. The number of benzene rings is 2. The maximum Gasteiger partial charge on any atom is 0.159 e. The molecule has 126 valence electrons. The van der Waals surface area contributed by atoms with E-state index in [-0.39, 0.29) is 11.5 Å². The van der Waals surface area contributed by atoms with Gasteiger partial charge in [0.05, 0.1) is 5.69 Å². The van der Waals surface area contributed by atoms with Crippen molar-refractivity contribution in [3.63, 3.8) is 0 Å². The predicted molar refractivity (Wildman–Crippen MR) is 95.1 cm³/mol. The van der Waals surface area contributed by atoms with Crippen molar-refractivity contribution in [1.29, 1.82) is 0 Å². The molecule has 1 aliphatic rings. The van der Waals surface area contributed by atoms with E-state index in [9.17, 15) is 10.2 Å². The van der Waals surface area contributed by atoms with Crippen molar-refractivity contribution < 1.29 is 10.2 Å². The second kappa shape index (κ2) is 6.53. The zero-order valence-corrected chi connectivity index (χ0v) is 13.8. The zero-order chi connectivity index (χ0) is 17.2. The molecule has 1 aromatic heterocycles. The van der Waals surface area contributed by atoms with Crippen molar-refractivity contribution in [3.05, 3.63) is 71.5 Å². The number of aromatic hydroxyl groups is 2. The molecule has 0 saturated heterocycles. The Bertz CT molecular complexity index is 897. The van der Waals surface area contributed by atoms with Gasteiger partial charge in [-0.05, 0) is 18.2 Å². The highest BCUT2D eigenvalue weighted by atomic mass is 16.3. The molecule has 5 heteroatoms. The molecule has 5 nitrogen and oxygen atoms in total. The Morgan fingerprint density at radius 2 is 1.88 bits per heavy atom. The summed E-state index contributed by atoms with van der Waals surface area (Å²) in [6.07, 6.45) is 2.75. The van der Waals surface area contributed by atoms with Gasteiger partial charge >= 0.3 is 0 Å². The molecular formula is C20H19N3O2. The average Bonchev–Trinajstić information content (AvgIpc) is 2.65. The van der Waals surface area contributed by atoms with Gasteiger partial charge in [0.1, 0.15) is 11.5 Å². The minimum absolute atomic E-state index is 0.168. The Labute approximate surface area is 146 Å². The summed E-state index contributed by atoms with van der Waals surface area (Å²) in [6.45, 7) is 2.17. The zero-order valence-electron chi connectivity index (χ0n) is 13.8. The topological polar surface area (TPSA) is 69.5 Å². The van der Waals surface area contributed by atoms with E-state index in [2.05, 4.69) is 9.88 Å². The van der Waals surface area contributed by atoms with Crippen LogP contribution in [0.1, 0.15) is 16.8 Å². The first-order valence-electron chi connectivity index (χ1n) is 8.32. The molecule has 2 aromatic carbocycles. The Morgan fingerprint density at radius 1 is 1.04 bits per heavy atom. The summed E-state index contributed by atoms with van der Waals surface area (Å²) < 4.78 is 0. The van der Waals surface area contributed by atoms with E-state index in [1.807, 2.05) is 36.5 Å². The molecule has 1 aliphatic heterocycles. The monoisotopic (exact) mass is 333 g/mol. The molecule has 0 bridgehead atoms. The second-order valence-corrected chi connectivity index (χ2v) is 6.31. The number of nitrogens with zero attached hydrogens (tertiary/aromatic N) is 3. The third-order valence-corrected chi connectivity index (χ3v) is 4.50. The van der Waals surface area contributed by atoms with E-state index in [1.165, 1.54) is 12.1 Å². The number of phenolic OH excluding ortho intramolecular Hbond substituents is 2. The summed E-state index contributed by atoms with van der Waals surface area (Å²) in [7, 11) is 0. The van der Waals surface area contributed by atoms with E-state index >= 15 is 0 Å². The molecule has 0 atom stereocenters. The molecule has 2 heterocycles. The third kappa shape index (κ3) is 3.32. The van der Waals surface area contributed by atoms with E-state index in [0.29, 0.717) is 6.54 Å². The van der Waals surface area contributed by atoms with Crippen LogP contribution in [0, 0.1) is 0 Å². The predicted octanol–water partition coefficient (Wildman–Crippen LogP) is 3.11. The maximum atomic E-state index is 9.96. The first-order chi connectivity index (χ1) is 12.2. The molecule has 0 spiro atoms. The Balaban J connectivity index is 1.53. The first kappa shape index (κ1) is 15.6. The largest absolute Gasteiger partial charge is 0.508 e. The normalized spacial score (nSPS) is 14.2. The third-order valence-electron chi connectivity index (χ3n) is 4.50. The van der Waals surface area contributed by atoms with Crippen LogP contribution in [-0.2, 0) is 19.5 Å². The number of phenols is 2. The summed E-state index contributed by atoms with van der Waals surface area (Å²) in [5.74, 6) is 1.14. The molecule has 0 unspecified atom stereocenters. The summed E-state index contributed by atoms with van der Waals surface area (Å²) in [6, 6.07) is 14.6. The van der Waals surface area contributed by atoms with Crippen LogP contribution >= 0.6 is 0 Å². The second-order valence-electron chi connectivity index (χ2n) is 6.31. The lowest BCUT2D eigenvalue weighted by Gasteiger charge is -2.28. The Kier molecular flexibility index (Phi) is 4.07. The highest BCUT2D eigenvalue weighted by Gasteiger charge is 2.20. The van der Waals surface area contributed by atoms with Crippen LogP contribution in [0.2, 0.25) is 0 Å². The van der Waals surface area contributed by atoms with Gasteiger partial charge in [-0.25, -0.2) is 9.97 Å². The summed E-state index contributed by atoms with van der Waals surface area (Å²) in [5.41, 5.74) is 3.96. The van der Waals surface area contributed by atoms with Gasteiger partial charge in [0.25, 0.3) is 0 Å². The van der Waals surface area contributed by atoms with Crippen LogP contribution in [0.4, 0.5) is 0 Å². The average molecular weight is 333 g/mol. The van der Waals surface area contributed by atoms with Crippen LogP contribution in [-0.4, -0.2) is 31.6 Å². The van der Waals surface area contributed by atoms with Crippen molar-refractivity contribution in [2.24, 2.45) is 0 Å². The Hall–Kier alpha value is -2.92. The van der Waals surface area contributed by atoms with E-state index in [1.54, 1.807) is 6.07 Å². The van der Waals surface area contributed by atoms with Crippen molar-refractivity contribution in [3.8, 4) is 22.9 Å². The lowest BCUT2D eigenvalue weighted by atomic mass is 10.1. The summed E-state index contributed by atoms with van der Waals surface area (Å²) in [4.78, 5) is 11.5. The van der Waals surface area contributed by atoms with Crippen LogP contribution in [0.25, 0.3) is 11.4 Å². The highest BCUT2D eigenvalue weighted by Crippen LogP contribution is 2.26. The van der Waals surface area contributed by atoms with Crippen molar-refractivity contribution in [2.75, 3.05) is 6.54 Å². The summed E-state index contributed by atoms with van der Waals surface area (Å²) in [5, 5.41) is 19.6. The minimum Gasteiger partial charge on any atom is -0.508 e. The van der Waals surface area contributed by atoms with E-state index in [0.717, 1.165) is 47.7 Å². The quantitative estimate of drug-likeness (QED) is 0.721. The standard InChI is InChI=1S/C20H19N3O2/c24-17-6-7-19(25)15(10-17)12-23-9-8-18-16(13-23)11-21-20(22-18)14-4-2-1-3-5-14/h1-7,10-11,24-25H,8-9,12-13H2. The molecule has 25 heavy (non-hydrogen) atoms.